The van der Waals surface area contributed by atoms with Gasteiger partial charge in [-0.15, -0.1) is 0 Å². The van der Waals surface area contributed by atoms with Crippen LogP contribution in [0.5, 0.6) is 0 Å². The normalized spacial score (nSPS) is 22.9. The van der Waals surface area contributed by atoms with Crippen molar-refractivity contribution in [2.45, 2.75) is 51.0 Å². The summed E-state index contributed by atoms with van der Waals surface area (Å²) < 4.78 is 5.72. The summed E-state index contributed by atoms with van der Waals surface area (Å²) in [7, 11) is 3.98. The van der Waals surface area contributed by atoms with E-state index in [9.17, 15) is 14.7 Å². The average molecular weight is 356 g/mol. The lowest BCUT2D eigenvalue weighted by Gasteiger charge is -2.31. The van der Waals surface area contributed by atoms with Crippen LogP contribution in [-0.4, -0.2) is 80.0 Å². The van der Waals surface area contributed by atoms with Gasteiger partial charge in [0.2, 0.25) is 5.91 Å². The zero-order chi connectivity index (χ0) is 18.8. The first-order chi connectivity index (χ1) is 11.8. The second-order valence-corrected chi connectivity index (χ2v) is 6.79. The molecule has 0 saturated heterocycles. The van der Waals surface area contributed by atoms with Crippen LogP contribution in [0.2, 0.25) is 0 Å². The maximum absolute atomic E-state index is 12.0. The molecular formula is C17H32N4O4. The molecule has 4 N–H and O–H groups in total. The molecule has 1 aliphatic heterocycles. The highest BCUT2D eigenvalue weighted by molar-refractivity contribution is 5.77. The summed E-state index contributed by atoms with van der Waals surface area (Å²) in [5.41, 5.74) is 0. The number of aliphatic hydroxyl groups excluding tert-OH is 1. The zero-order valence-electron chi connectivity index (χ0n) is 15.6. The fraction of sp³-hybridized carbons (Fsp3) is 0.765. The molecule has 25 heavy (non-hydrogen) atoms. The van der Waals surface area contributed by atoms with E-state index in [1.807, 2.05) is 27.9 Å². The van der Waals surface area contributed by atoms with Crippen molar-refractivity contribution < 1.29 is 19.4 Å². The van der Waals surface area contributed by atoms with Crippen molar-refractivity contribution in [3.8, 4) is 0 Å². The van der Waals surface area contributed by atoms with Crippen LogP contribution in [0.4, 0.5) is 4.79 Å². The van der Waals surface area contributed by atoms with Crippen molar-refractivity contribution in [1.29, 1.82) is 0 Å². The first kappa shape index (κ1) is 21.4. The average Bonchev–Trinajstić information content (AvgIpc) is 2.52. The molecule has 8 nitrogen and oxygen atoms in total. The van der Waals surface area contributed by atoms with Gasteiger partial charge in [0.15, 0.2) is 0 Å². The van der Waals surface area contributed by atoms with Crippen LogP contribution in [0.15, 0.2) is 12.2 Å². The molecule has 1 heterocycles. The van der Waals surface area contributed by atoms with Gasteiger partial charge in [0, 0.05) is 12.6 Å². The van der Waals surface area contributed by atoms with Gasteiger partial charge in [-0.25, -0.2) is 4.79 Å². The van der Waals surface area contributed by atoms with Gasteiger partial charge in [0.05, 0.1) is 25.2 Å². The minimum atomic E-state index is -0.575. The molecule has 3 amide bonds. The molecule has 0 aliphatic carbocycles. The van der Waals surface area contributed by atoms with Gasteiger partial charge in [0.25, 0.3) is 0 Å². The molecule has 0 fully saturated rings. The number of carbonyl (C=O) groups is 2. The minimum Gasteiger partial charge on any atom is -0.394 e. The minimum absolute atomic E-state index is 0.0185. The van der Waals surface area contributed by atoms with E-state index < -0.39 is 18.2 Å². The zero-order valence-corrected chi connectivity index (χ0v) is 15.6. The van der Waals surface area contributed by atoms with E-state index in [0.717, 1.165) is 13.0 Å². The van der Waals surface area contributed by atoms with Crippen LogP contribution in [0.25, 0.3) is 0 Å². The van der Waals surface area contributed by atoms with Crippen molar-refractivity contribution in [3.63, 3.8) is 0 Å². The predicted octanol–water partition coefficient (Wildman–Crippen LogP) is -0.163. The molecule has 0 aromatic rings. The van der Waals surface area contributed by atoms with Crippen LogP contribution in [0, 0.1) is 0 Å². The molecule has 1 rings (SSSR count). The highest BCUT2D eigenvalue weighted by Gasteiger charge is 2.29. The van der Waals surface area contributed by atoms with E-state index in [2.05, 4.69) is 20.9 Å². The van der Waals surface area contributed by atoms with Crippen LogP contribution in [0.1, 0.15) is 26.7 Å². The van der Waals surface area contributed by atoms with Crippen LogP contribution >= 0.6 is 0 Å². The fourth-order valence-electron chi connectivity index (χ4n) is 2.47. The summed E-state index contributed by atoms with van der Waals surface area (Å²) in [5.74, 6) is -0.0888. The number of amides is 3. The van der Waals surface area contributed by atoms with Crippen molar-refractivity contribution >= 4 is 11.9 Å². The smallest absolute Gasteiger partial charge is 0.315 e. The third kappa shape index (κ3) is 8.85. The third-order valence-electron chi connectivity index (χ3n) is 3.67. The Balaban J connectivity index is 2.42. The molecule has 0 aromatic carbocycles. The second kappa shape index (κ2) is 11.1. The maximum atomic E-state index is 12.0. The van der Waals surface area contributed by atoms with Crippen molar-refractivity contribution in [3.05, 3.63) is 12.2 Å². The largest absolute Gasteiger partial charge is 0.394 e. The van der Waals surface area contributed by atoms with Gasteiger partial charge in [-0.1, -0.05) is 12.2 Å². The van der Waals surface area contributed by atoms with Crippen LogP contribution in [-0.2, 0) is 9.53 Å². The van der Waals surface area contributed by atoms with E-state index >= 15 is 0 Å². The summed E-state index contributed by atoms with van der Waals surface area (Å²) in [6, 6.07) is -0.725. The molecule has 8 heteroatoms. The molecule has 0 spiro atoms. The molecule has 0 unspecified atom stereocenters. The quantitative estimate of drug-likeness (QED) is 0.339. The SMILES string of the molecule is CC(C)NC(=O)N[C@@H]1C=C[C@@H](CC(=O)NCCCN(C)C)O[C@@H]1CO. The fourth-order valence-corrected chi connectivity index (χ4v) is 2.47. The number of hydrogen-bond acceptors (Lipinski definition) is 5. The third-order valence-corrected chi connectivity index (χ3v) is 3.67. The molecule has 0 radical (unpaired) electrons. The Morgan fingerprint density at radius 1 is 1.28 bits per heavy atom. The number of urea groups is 1. The van der Waals surface area contributed by atoms with Gasteiger partial charge in [0.1, 0.15) is 6.10 Å². The van der Waals surface area contributed by atoms with E-state index in [4.69, 9.17) is 4.74 Å². The van der Waals surface area contributed by atoms with Crippen molar-refractivity contribution in [1.82, 2.24) is 20.9 Å². The molecular weight excluding hydrogens is 324 g/mol. The summed E-state index contributed by atoms with van der Waals surface area (Å²) in [5, 5.41) is 17.8. The Hall–Kier alpha value is -1.64. The Bertz CT molecular complexity index is 454. The maximum Gasteiger partial charge on any atom is 0.315 e. The Morgan fingerprint density at radius 2 is 2.00 bits per heavy atom. The van der Waals surface area contributed by atoms with Gasteiger partial charge >= 0.3 is 6.03 Å². The van der Waals surface area contributed by atoms with Crippen LogP contribution in [0.3, 0.4) is 0 Å². The summed E-state index contributed by atoms with van der Waals surface area (Å²) in [4.78, 5) is 25.8. The number of ether oxygens (including phenoxy) is 1. The summed E-state index contributed by atoms with van der Waals surface area (Å²) >= 11 is 0. The Labute approximate surface area is 150 Å². The van der Waals surface area contributed by atoms with Gasteiger partial charge in [-0.05, 0) is 40.9 Å². The topological polar surface area (TPSA) is 103 Å². The molecule has 1 aliphatic rings. The summed E-state index contributed by atoms with van der Waals surface area (Å²) in [6.07, 6.45) is 3.63. The number of nitrogens with zero attached hydrogens (tertiary/aromatic N) is 1. The van der Waals surface area contributed by atoms with E-state index in [-0.39, 0.29) is 31.0 Å². The standard InChI is InChI=1S/C17H32N4O4/c1-12(2)19-17(24)20-14-7-6-13(25-15(14)11-22)10-16(23)18-8-5-9-21(3)4/h6-7,12-15,22H,5,8-11H2,1-4H3,(H,18,23)(H2,19,20,24)/t13-,14+,15+/m0/s1. The Kier molecular flexibility index (Phi) is 9.48. The Morgan fingerprint density at radius 3 is 2.60 bits per heavy atom. The lowest BCUT2D eigenvalue weighted by molar-refractivity contribution is -0.125. The van der Waals surface area contributed by atoms with Crippen molar-refractivity contribution in [2.24, 2.45) is 0 Å². The molecule has 144 valence electrons. The second-order valence-electron chi connectivity index (χ2n) is 6.79. The van der Waals surface area contributed by atoms with Crippen LogP contribution < -0.4 is 16.0 Å². The first-order valence-corrected chi connectivity index (χ1v) is 8.75. The van der Waals surface area contributed by atoms with E-state index in [0.29, 0.717) is 6.54 Å². The molecule has 0 saturated carbocycles. The monoisotopic (exact) mass is 356 g/mol. The predicted molar refractivity (Wildman–Crippen MR) is 96.3 cm³/mol. The first-order valence-electron chi connectivity index (χ1n) is 8.75. The number of aliphatic hydroxyl groups is 1. The van der Waals surface area contributed by atoms with Gasteiger partial charge < -0.3 is 30.7 Å². The highest BCUT2D eigenvalue weighted by atomic mass is 16.5. The highest BCUT2D eigenvalue weighted by Crippen LogP contribution is 2.15. The van der Waals surface area contributed by atoms with Gasteiger partial charge in [-0.3, -0.25) is 4.79 Å². The lowest BCUT2D eigenvalue weighted by atomic mass is 10.0. The number of rotatable bonds is 9. The van der Waals surface area contributed by atoms with Crippen molar-refractivity contribution in [2.75, 3.05) is 33.8 Å². The molecule has 0 aromatic heterocycles. The number of carbonyl (C=O) groups excluding carboxylic acids is 2. The van der Waals surface area contributed by atoms with E-state index in [1.165, 1.54) is 0 Å². The van der Waals surface area contributed by atoms with E-state index in [1.54, 1.807) is 12.2 Å². The molecule has 3 atom stereocenters. The lowest BCUT2D eigenvalue weighted by Crippen LogP contribution is -2.52. The van der Waals surface area contributed by atoms with Gasteiger partial charge in [-0.2, -0.15) is 0 Å². The molecule has 0 bridgehead atoms. The number of hydrogen-bond donors (Lipinski definition) is 4. The summed E-state index contributed by atoms with van der Waals surface area (Å²) in [6.45, 7) is 5.03. The number of nitrogens with one attached hydrogen (secondary N) is 3.